The van der Waals surface area contributed by atoms with Crippen LogP contribution < -0.4 is 5.32 Å². The predicted molar refractivity (Wildman–Crippen MR) is 91.7 cm³/mol. The Bertz CT molecular complexity index is 621. The molecule has 0 saturated carbocycles. The van der Waals surface area contributed by atoms with Crippen LogP contribution in [-0.4, -0.2) is 30.1 Å². The van der Waals surface area contributed by atoms with Crippen molar-refractivity contribution < 1.29 is 4.52 Å². The molecule has 0 aliphatic carbocycles. The van der Waals surface area contributed by atoms with Crippen LogP contribution in [0.25, 0.3) is 0 Å². The van der Waals surface area contributed by atoms with Crippen LogP contribution in [0, 0.1) is 0 Å². The molecular formula is C16H21BrN4O. The zero-order valence-electron chi connectivity index (χ0n) is 13.1. The minimum atomic E-state index is 0.574. The monoisotopic (exact) mass is 364 g/mol. The highest BCUT2D eigenvalue weighted by Gasteiger charge is 2.08. The van der Waals surface area contributed by atoms with Gasteiger partial charge in [-0.1, -0.05) is 40.1 Å². The van der Waals surface area contributed by atoms with Gasteiger partial charge in [-0.05, 0) is 24.1 Å². The largest absolute Gasteiger partial charge is 0.359 e. The third-order valence-electron chi connectivity index (χ3n) is 3.30. The lowest BCUT2D eigenvalue weighted by Crippen LogP contribution is -2.37. The minimum absolute atomic E-state index is 0.574. The number of aryl methyl sites for hydroxylation is 1. The molecule has 6 heteroatoms. The van der Waals surface area contributed by atoms with Crippen molar-refractivity contribution in [2.24, 2.45) is 4.99 Å². The van der Waals surface area contributed by atoms with Gasteiger partial charge in [0, 0.05) is 31.2 Å². The van der Waals surface area contributed by atoms with Gasteiger partial charge in [0.05, 0.1) is 12.2 Å². The van der Waals surface area contributed by atoms with Gasteiger partial charge < -0.3 is 14.7 Å². The summed E-state index contributed by atoms with van der Waals surface area (Å²) in [6.07, 6.45) is 0.877. The van der Waals surface area contributed by atoms with Crippen molar-refractivity contribution in [2.45, 2.75) is 26.4 Å². The molecule has 0 radical (unpaired) electrons. The van der Waals surface area contributed by atoms with Crippen LogP contribution in [0.15, 0.2) is 44.3 Å². The van der Waals surface area contributed by atoms with Gasteiger partial charge in [0.1, 0.15) is 0 Å². The average Bonchev–Trinajstić information content (AvgIpc) is 2.98. The molecule has 0 aliphatic rings. The summed E-state index contributed by atoms with van der Waals surface area (Å²) in [5, 5.41) is 7.27. The van der Waals surface area contributed by atoms with Crippen molar-refractivity contribution >= 4 is 21.9 Å². The quantitative estimate of drug-likeness (QED) is 0.653. The lowest BCUT2D eigenvalue weighted by atomic mass is 10.2. The summed E-state index contributed by atoms with van der Waals surface area (Å²) in [4.78, 5) is 6.37. The zero-order valence-corrected chi connectivity index (χ0v) is 14.7. The molecule has 22 heavy (non-hydrogen) atoms. The lowest BCUT2D eigenvalue weighted by molar-refractivity contribution is 0.371. The Balaban J connectivity index is 1.91. The Hall–Kier alpha value is -1.82. The fraction of sp³-hybridized carbons (Fsp3) is 0.375. The van der Waals surface area contributed by atoms with E-state index in [1.54, 1.807) is 7.05 Å². The summed E-state index contributed by atoms with van der Waals surface area (Å²) in [5.41, 5.74) is 2.19. The first-order valence-corrected chi connectivity index (χ1v) is 8.02. The van der Waals surface area contributed by atoms with E-state index in [-0.39, 0.29) is 0 Å². The van der Waals surface area contributed by atoms with E-state index in [1.807, 2.05) is 25.2 Å². The first-order valence-electron chi connectivity index (χ1n) is 7.23. The van der Waals surface area contributed by atoms with E-state index in [9.17, 15) is 0 Å². The van der Waals surface area contributed by atoms with Crippen molar-refractivity contribution in [3.63, 3.8) is 0 Å². The summed E-state index contributed by atoms with van der Waals surface area (Å²) in [5.74, 6) is 1.63. The summed E-state index contributed by atoms with van der Waals surface area (Å²) < 4.78 is 6.35. The Kier molecular flexibility index (Phi) is 6.00. The number of guanidine groups is 1. The van der Waals surface area contributed by atoms with Gasteiger partial charge in [0.2, 0.25) is 0 Å². The highest BCUT2D eigenvalue weighted by Crippen LogP contribution is 2.12. The molecule has 118 valence electrons. The number of aromatic nitrogens is 1. The molecule has 0 saturated heterocycles. The predicted octanol–water partition coefficient (Wildman–Crippen LogP) is 3.21. The van der Waals surface area contributed by atoms with E-state index in [1.165, 1.54) is 5.56 Å². The van der Waals surface area contributed by atoms with E-state index in [2.05, 4.69) is 55.4 Å². The maximum atomic E-state index is 5.27. The number of halogens is 1. The third-order valence-corrected chi connectivity index (χ3v) is 3.83. The van der Waals surface area contributed by atoms with Gasteiger partial charge >= 0.3 is 0 Å². The first kappa shape index (κ1) is 16.5. The number of hydrogen-bond acceptors (Lipinski definition) is 3. The molecule has 1 aromatic heterocycles. The van der Waals surface area contributed by atoms with Gasteiger partial charge in [0.25, 0.3) is 0 Å². The number of benzene rings is 1. The summed E-state index contributed by atoms with van der Waals surface area (Å²) in [6, 6.07) is 10.2. The Morgan fingerprint density at radius 1 is 1.36 bits per heavy atom. The average molecular weight is 365 g/mol. The molecule has 0 spiro atoms. The normalized spacial score (nSPS) is 11.5. The number of hydrogen-bond donors (Lipinski definition) is 1. The second-order valence-corrected chi connectivity index (χ2v) is 5.94. The SMILES string of the molecule is CCc1cc(CNC(=NC)N(C)Cc2ccc(Br)cc2)on1. The van der Waals surface area contributed by atoms with E-state index < -0.39 is 0 Å². The molecule has 0 amide bonds. The van der Waals surface area contributed by atoms with E-state index in [0.717, 1.165) is 34.9 Å². The van der Waals surface area contributed by atoms with E-state index in [0.29, 0.717) is 6.54 Å². The molecule has 1 heterocycles. The van der Waals surface area contributed by atoms with Crippen LogP contribution in [0.4, 0.5) is 0 Å². The zero-order chi connectivity index (χ0) is 15.9. The summed E-state index contributed by atoms with van der Waals surface area (Å²) >= 11 is 3.45. The van der Waals surface area contributed by atoms with Crippen molar-refractivity contribution in [2.75, 3.05) is 14.1 Å². The highest BCUT2D eigenvalue weighted by molar-refractivity contribution is 9.10. The summed E-state index contributed by atoms with van der Waals surface area (Å²) in [6.45, 7) is 3.41. The van der Waals surface area contributed by atoms with Crippen LogP contribution in [0.3, 0.4) is 0 Å². The first-order chi connectivity index (χ1) is 10.6. The molecule has 0 fully saturated rings. The van der Waals surface area contributed by atoms with Gasteiger partial charge in [0.15, 0.2) is 11.7 Å². The second-order valence-electron chi connectivity index (χ2n) is 5.02. The minimum Gasteiger partial charge on any atom is -0.359 e. The molecule has 2 rings (SSSR count). The number of aliphatic imine (C=N–C) groups is 1. The molecule has 5 nitrogen and oxygen atoms in total. The van der Waals surface area contributed by atoms with E-state index >= 15 is 0 Å². The number of nitrogens with zero attached hydrogens (tertiary/aromatic N) is 3. The second kappa shape index (κ2) is 7.98. The van der Waals surface area contributed by atoms with Gasteiger partial charge in [-0.2, -0.15) is 0 Å². The van der Waals surface area contributed by atoms with Crippen LogP contribution >= 0.6 is 15.9 Å². The Labute approximate surface area is 139 Å². The topological polar surface area (TPSA) is 53.7 Å². The molecule has 2 aromatic rings. The maximum absolute atomic E-state index is 5.27. The van der Waals surface area contributed by atoms with Crippen molar-refractivity contribution in [1.82, 2.24) is 15.4 Å². The fourth-order valence-electron chi connectivity index (χ4n) is 2.10. The summed E-state index contributed by atoms with van der Waals surface area (Å²) in [7, 11) is 3.79. The standard InChI is InChI=1S/C16H21BrN4O/c1-4-14-9-15(22-20-14)10-19-16(18-2)21(3)11-12-5-7-13(17)8-6-12/h5-9H,4,10-11H2,1-3H3,(H,18,19). The van der Waals surface area contributed by atoms with Gasteiger partial charge in [-0.3, -0.25) is 4.99 Å². The molecule has 0 bridgehead atoms. The maximum Gasteiger partial charge on any atom is 0.194 e. The van der Waals surface area contributed by atoms with Crippen LogP contribution in [0.5, 0.6) is 0 Å². The molecular weight excluding hydrogens is 344 g/mol. The Morgan fingerprint density at radius 3 is 2.68 bits per heavy atom. The van der Waals surface area contributed by atoms with Crippen molar-refractivity contribution in [1.29, 1.82) is 0 Å². The molecule has 0 atom stereocenters. The Morgan fingerprint density at radius 2 is 2.09 bits per heavy atom. The number of nitrogens with one attached hydrogen (secondary N) is 1. The van der Waals surface area contributed by atoms with Gasteiger partial charge in [-0.25, -0.2) is 0 Å². The lowest BCUT2D eigenvalue weighted by Gasteiger charge is -2.21. The van der Waals surface area contributed by atoms with Crippen LogP contribution in [0.1, 0.15) is 23.9 Å². The van der Waals surface area contributed by atoms with Crippen LogP contribution in [0.2, 0.25) is 0 Å². The third kappa shape index (κ3) is 4.59. The van der Waals surface area contributed by atoms with Crippen LogP contribution in [-0.2, 0) is 19.5 Å². The molecule has 0 aliphatic heterocycles. The molecule has 1 aromatic carbocycles. The molecule has 0 unspecified atom stereocenters. The number of rotatable bonds is 5. The highest BCUT2D eigenvalue weighted by atomic mass is 79.9. The molecule has 1 N–H and O–H groups in total. The van der Waals surface area contributed by atoms with Crippen molar-refractivity contribution in [3.05, 3.63) is 51.8 Å². The van der Waals surface area contributed by atoms with Crippen molar-refractivity contribution in [3.8, 4) is 0 Å². The smallest absolute Gasteiger partial charge is 0.194 e. The van der Waals surface area contributed by atoms with E-state index in [4.69, 9.17) is 4.52 Å². The van der Waals surface area contributed by atoms with Gasteiger partial charge in [-0.15, -0.1) is 0 Å². The fourth-order valence-corrected chi connectivity index (χ4v) is 2.36.